The molecule has 8 heteroatoms. The molecule has 0 aromatic heterocycles. The van der Waals surface area contributed by atoms with Gasteiger partial charge in [0.25, 0.3) is 11.8 Å². The molecule has 0 aliphatic carbocycles. The summed E-state index contributed by atoms with van der Waals surface area (Å²) in [6, 6.07) is 12.5. The van der Waals surface area contributed by atoms with Crippen molar-refractivity contribution in [3.8, 4) is 0 Å². The van der Waals surface area contributed by atoms with Crippen molar-refractivity contribution in [2.75, 3.05) is 4.90 Å². The molecule has 0 bridgehead atoms. The van der Waals surface area contributed by atoms with Crippen molar-refractivity contribution in [2.45, 2.75) is 0 Å². The number of hydrogen-bond acceptors (Lipinski definition) is 4. The smallest absolute Gasteiger partial charge is 0.270 e. The van der Waals surface area contributed by atoms with E-state index in [-0.39, 0.29) is 10.7 Å². The molecule has 2 amide bonds. The van der Waals surface area contributed by atoms with Gasteiger partial charge in [-0.2, -0.15) is 0 Å². The van der Waals surface area contributed by atoms with Crippen LogP contribution in [0.5, 0.6) is 0 Å². The minimum atomic E-state index is -0.729. The first-order chi connectivity index (χ1) is 12.4. The summed E-state index contributed by atoms with van der Waals surface area (Å²) in [5, 5.41) is 3.30. The topological polar surface area (TPSA) is 66.5 Å². The van der Waals surface area contributed by atoms with E-state index in [2.05, 4.69) is 5.32 Å². The molecule has 2 aromatic carbocycles. The van der Waals surface area contributed by atoms with E-state index < -0.39 is 17.6 Å². The molecule has 0 spiro atoms. The van der Waals surface area contributed by atoms with E-state index in [0.29, 0.717) is 21.3 Å². The number of rotatable bonds is 3. The highest BCUT2D eigenvalue weighted by Gasteiger charge is 2.35. The molecule has 0 radical (unpaired) electrons. The fraction of sp³-hybridized carbons (Fsp3) is 0. The zero-order valence-corrected chi connectivity index (χ0v) is 15.4. The van der Waals surface area contributed by atoms with Gasteiger partial charge in [-0.15, -0.1) is 0 Å². The second kappa shape index (κ2) is 7.37. The van der Waals surface area contributed by atoms with Crippen LogP contribution in [-0.2, 0) is 9.59 Å². The molecule has 1 N–H and O–H groups in total. The molecule has 1 fully saturated rings. The maximum Gasteiger partial charge on any atom is 0.270 e. The number of hydrogen-bond donors (Lipinski definition) is 1. The van der Waals surface area contributed by atoms with Gasteiger partial charge < -0.3 is 0 Å². The zero-order chi connectivity index (χ0) is 18.8. The van der Waals surface area contributed by atoms with Gasteiger partial charge in [-0.3, -0.25) is 24.6 Å². The van der Waals surface area contributed by atoms with Crippen LogP contribution < -0.4 is 10.2 Å². The number of ketones is 1. The number of anilines is 1. The Bertz CT molecular complexity index is 953. The van der Waals surface area contributed by atoms with Crippen LogP contribution >= 0.6 is 35.4 Å². The van der Waals surface area contributed by atoms with Gasteiger partial charge in [0.05, 0.1) is 5.69 Å². The summed E-state index contributed by atoms with van der Waals surface area (Å²) in [7, 11) is 0. The SMILES string of the molecule is O=C1NC(=S)N(c2ccc(Cl)cc2)C(=O)/C1=C\C(=O)c1ccc(Cl)cc1. The van der Waals surface area contributed by atoms with Crippen LogP contribution in [0.25, 0.3) is 0 Å². The van der Waals surface area contributed by atoms with Gasteiger partial charge >= 0.3 is 0 Å². The van der Waals surface area contributed by atoms with Gasteiger partial charge in [-0.05, 0) is 60.7 Å². The van der Waals surface area contributed by atoms with E-state index in [1.165, 1.54) is 12.1 Å². The lowest BCUT2D eigenvalue weighted by Gasteiger charge is -2.28. The first-order valence-electron chi connectivity index (χ1n) is 7.34. The number of halogens is 2. The van der Waals surface area contributed by atoms with E-state index in [1.807, 2.05) is 0 Å². The maximum absolute atomic E-state index is 12.8. The van der Waals surface area contributed by atoms with Gasteiger partial charge in [0.2, 0.25) is 0 Å². The molecule has 1 saturated heterocycles. The molecule has 2 aromatic rings. The Labute approximate surface area is 164 Å². The van der Waals surface area contributed by atoms with Crippen molar-refractivity contribution >= 4 is 63.8 Å². The highest BCUT2D eigenvalue weighted by atomic mass is 35.5. The van der Waals surface area contributed by atoms with Crippen LogP contribution in [0.3, 0.4) is 0 Å². The Morgan fingerprint density at radius 1 is 0.962 bits per heavy atom. The monoisotopic (exact) mass is 404 g/mol. The van der Waals surface area contributed by atoms with Crippen LogP contribution in [0.1, 0.15) is 10.4 Å². The van der Waals surface area contributed by atoms with Gasteiger partial charge in [-0.25, -0.2) is 0 Å². The van der Waals surface area contributed by atoms with Gasteiger partial charge in [0.15, 0.2) is 10.9 Å². The number of nitrogens with one attached hydrogen (secondary N) is 1. The summed E-state index contributed by atoms with van der Waals surface area (Å²) in [5.74, 6) is -1.92. The molecule has 1 aliphatic heterocycles. The summed E-state index contributed by atoms with van der Waals surface area (Å²) in [6.07, 6.45) is 0.992. The molecule has 0 unspecified atom stereocenters. The summed E-state index contributed by atoms with van der Waals surface area (Å²) < 4.78 is 0. The van der Waals surface area contributed by atoms with Crippen molar-refractivity contribution < 1.29 is 14.4 Å². The molecule has 130 valence electrons. The molecule has 26 heavy (non-hydrogen) atoms. The minimum Gasteiger partial charge on any atom is -0.298 e. The van der Waals surface area contributed by atoms with E-state index in [9.17, 15) is 14.4 Å². The van der Waals surface area contributed by atoms with Crippen molar-refractivity contribution in [3.63, 3.8) is 0 Å². The lowest BCUT2D eigenvalue weighted by molar-refractivity contribution is -0.122. The highest BCUT2D eigenvalue weighted by Crippen LogP contribution is 2.23. The normalized spacial score (nSPS) is 16.0. The Morgan fingerprint density at radius 3 is 2.08 bits per heavy atom. The molecular weight excluding hydrogens is 395 g/mol. The summed E-state index contributed by atoms with van der Waals surface area (Å²) in [5.41, 5.74) is 0.413. The molecular formula is C18H10Cl2N2O3S. The third-order valence-corrected chi connectivity index (χ3v) is 4.38. The quantitative estimate of drug-likeness (QED) is 0.367. The summed E-state index contributed by atoms with van der Waals surface area (Å²) in [4.78, 5) is 38.4. The third kappa shape index (κ3) is 3.67. The largest absolute Gasteiger partial charge is 0.298 e. The number of amides is 2. The van der Waals surface area contributed by atoms with E-state index in [1.54, 1.807) is 36.4 Å². The fourth-order valence-corrected chi connectivity index (χ4v) is 2.84. The Morgan fingerprint density at radius 2 is 1.50 bits per heavy atom. The van der Waals surface area contributed by atoms with E-state index in [0.717, 1.165) is 11.0 Å². The molecule has 1 heterocycles. The lowest BCUT2D eigenvalue weighted by Crippen LogP contribution is -2.54. The molecule has 0 atom stereocenters. The third-order valence-electron chi connectivity index (χ3n) is 3.59. The Hall–Kier alpha value is -2.54. The number of carbonyl (C=O) groups excluding carboxylic acids is 3. The highest BCUT2D eigenvalue weighted by molar-refractivity contribution is 7.80. The zero-order valence-electron chi connectivity index (χ0n) is 13.0. The van der Waals surface area contributed by atoms with Crippen LogP contribution in [-0.4, -0.2) is 22.7 Å². The predicted octanol–water partition coefficient (Wildman–Crippen LogP) is 3.55. The van der Waals surface area contributed by atoms with Crippen LogP contribution in [0.2, 0.25) is 10.0 Å². The number of benzene rings is 2. The molecule has 3 rings (SSSR count). The standard InChI is InChI=1S/C18H10Cl2N2O3S/c19-11-3-1-10(2-4-11)15(23)9-14-16(24)21-18(26)22(17(14)25)13-7-5-12(20)6-8-13/h1-9H,(H,21,24,26)/b14-9-. The summed E-state index contributed by atoms with van der Waals surface area (Å²) >= 11 is 16.7. The first-order valence-corrected chi connectivity index (χ1v) is 8.50. The number of nitrogens with zero attached hydrogens (tertiary/aromatic N) is 1. The van der Waals surface area contributed by atoms with Crippen molar-refractivity contribution in [2.24, 2.45) is 0 Å². The van der Waals surface area contributed by atoms with Crippen molar-refractivity contribution in [1.29, 1.82) is 0 Å². The molecule has 0 saturated carbocycles. The van der Waals surface area contributed by atoms with Crippen LogP contribution in [0, 0.1) is 0 Å². The average Bonchev–Trinajstić information content (AvgIpc) is 2.60. The molecule has 5 nitrogen and oxygen atoms in total. The fourth-order valence-electron chi connectivity index (χ4n) is 2.31. The molecule has 1 aliphatic rings. The minimum absolute atomic E-state index is 0.0709. The van der Waals surface area contributed by atoms with Gasteiger partial charge in [0.1, 0.15) is 5.57 Å². The Balaban J connectivity index is 1.95. The first kappa shape index (κ1) is 18.3. The number of carbonyl (C=O) groups is 3. The lowest BCUT2D eigenvalue weighted by atomic mass is 10.1. The Kier molecular flexibility index (Phi) is 5.18. The number of thiocarbonyl (C=S) groups is 1. The van der Waals surface area contributed by atoms with E-state index >= 15 is 0 Å². The second-order valence-corrected chi connectivity index (χ2v) is 6.56. The van der Waals surface area contributed by atoms with Crippen molar-refractivity contribution in [3.05, 3.63) is 75.8 Å². The van der Waals surface area contributed by atoms with Gasteiger partial charge in [-0.1, -0.05) is 23.2 Å². The second-order valence-electron chi connectivity index (χ2n) is 5.31. The van der Waals surface area contributed by atoms with Gasteiger partial charge in [0, 0.05) is 21.7 Å². The van der Waals surface area contributed by atoms with Crippen LogP contribution in [0.4, 0.5) is 5.69 Å². The predicted molar refractivity (Wildman–Crippen MR) is 104 cm³/mol. The van der Waals surface area contributed by atoms with Crippen molar-refractivity contribution in [1.82, 2.24) is 5.32 Å². The van der Waals surface area contributed by atoms with Crippen LogP contribution in [0.15, 0.2) is 60.2 Å². The van der Waals surface area contributed by atoms with E-state index in [4.69, 9.17) is 35.4 Å². The maximum atomic E-state index is 12.8. The number of allylic oxidation sites excluding steroid dienone is 1. The summed E-state index contributed by atoms with van der Waals surface area (Å²) in [6.45, 7) is 0. The average molecular weight is 405 g/mol.